The third-order valence-electron chi connectivity index (χ3n) is 3.56. The molecule has 25 heavy (non-hydrogen) atoms. The normalized spacial score (nSPS) is 13.7. The monoisotopic (exact) mass is 386 g/mol. The summed E-state index contributed by atoms with van der Waals surface area (Å²) in [6.45, 7) is 6.50. The lowest BCUT2D eigenvalue weighted by molar-refractivity contribution is 0.424. The highest BCUT2D eigenvalue weighted by Gasteiger charge is 2.13. The van der Waals surface area contributed by atoms with Gasteiger partial charge in [0.25, 0.3) is 0 Å². The maximum atomic E-state index is 11.5. The summed E-state index contributed by atoms with van der Waals surface area (Å²) in [5.74, 6) is 0.739. The summed E-state index contributed by atoms with van der Waals surface area (Å²) in [5.41, 5.74) is 0. The van der Waals surface area contributed by atoms with Crippen LogP contribution in [0.2, 0.25) is 0 Å². The quantitative estimate of drug-likeness (QED) is 0.278. The lowest BCUT2D eigenvalue weighted by Gasteiger charge is -2.19. The number of hydrogen-bond acceptors (Lipinski definition) is 4. The van der Waals surface area contributed by atoms with Gasteiger partial charge in [-0.05, 0) is 18.6 Å². The van der Waals surface area contributed by atoms with Gasteiger partial charge in [-0.15, -0.1) is 11.8 Å². The Morgan fingerprint density at radius 3 is 2.52 bits per heavy atom. The second-order valence-electron chi connectivity index (χ2n) is 5.73. The van der Waals surface area contributed by atoms with Crippen molar-refractivity contribution in [1.82, 2.24) is 14.9 Å². The lowest BCUT2D eigenvalue weighted by atomic mass is 10.4. The average molecular weight is 387 g/mol. The fourth-order valence-electron chi connectivity index (χ4n) is 2.25. The first-order valence-corrected chi connectivity index (χ1v) is 11.2. The predicted molar refractivity (Wildman–Crippen MR) is 108 cm³/mol. The first-order chi connectivity index (χ1) is 11.9. The van der Waals surface area contributed by atoms with E-state index in [-0.39, 0.29) is 0 Å². The number of sulfonamides is 1. The number of rotatable bonds is 10. The SMILES string of the molecule is CCN(CCCNC(=NC)NCC(C)Sc1ccccc1)S(C)(=O)=O. The predicted octanol–water partition coefficient (Wildman–Crippen LogP) is 2.00. The van der Waals surface area contributed by atoms with E-state index in [0.29, 0.717) is 24.9 Å². The van der Waals surface area contributed by atoms with Crippen molar-refractivity contribution in [2.75, 3.05) is 39.5 Å². The van der Waals surface area contributed by atoms with Gasteiger partial charge in [0.1, 0.15) is 0 Å². The van der Waals surface area contributed by atoms with Crippen molar-refractivity contribution in [3.05, 3.63) is 30.3 Å². The molecule has 0 radical (unpaired) electrons. The van der Waals surface area contributed by atoms with E-state index in [4.69, 9.17) is 0 Å². The number of benzene rings is 1. The summed E-state index contributed by atoms with van der Waals surface area (Å²) >= 11 is 1.82. The summed E-state index contributed by atoms with van der Waals surface area (Å²) < 4.78 is 24.6. The molecule has 0 heterocycles. The molecule has 0 aliphatic rings. The van der Waals surface area contributed by atoms with E-state index < -0.39 is 10.0 Å². The summed E-state index contributed by atoms with van der Waals surface area (Å²) in [6, 6.07) is 10.3. The molecule has 0 saturated heterocycles. The van der Waals surface area contributed by atoms with Crippen LogP contribution in [0.4, 0.5) is 0 Å². The molecule has 0 aliphatic heterocycles. The minimum Gasteiger partial charge on any atom is -0.356 e. The highest BCUT2D eigenvalue weighted by molar-refractivity contribution is 8.00. The van der Waals surface area contributed by atoms with E-state index in [1.165, 1.54) is 15.5 Å². The lowest BCUT2D eigenvalue weighted by Crippen LogP contribution is -2.41. The largest absolute Gasteiger partial charge is 0.356 e. The van der Waals surface area contributed by atoms with Gasteiger partial charge >= 0.3 is 0 Å². The Morgan fingerprint density at radius 1 is 1.28 bits per heavy atom. The van der Waals surface area contributed by atoms with E-state index in [2.05, 4.69) is 34.7 Å². The van der Waals surface area contributed by atoms with Gasteiger partial charge in [0.15, 0.2) is 5.96 Å². The number of aliphatic imine (C=N–C) groups is 1. The minimum atomic E-state index is -3.12. The molecule has 8 heteroatoms. The van der Waals surface area contributed by atoms with Crippen molar-refractivity contribution in [3.63, 3.8) is 0 Å². The van der Waals surface area contributed by atoms with Crippen LogP contribution in [0, 0.1) is 0 Å². The molecule has 1 unspecified atom stereocenters. The number of nitrogens with one attached hydrogen (secondary N) is 2. The van der Waals surface area contributed by atoms with Crippen molar-refractivity contribution in [2.45, 2.75) is 30.4 Å². The van der Waals surface area contributed by atoms with Crippen LogP contribution in [0.5, 0.6) is 0 Å². The molecule has 1 rings (SSSR count). The molecule has 0 fully saturated rings. The molecule has 1 aromatic rings. The van der Waals surface area contributed by atoms with Crippen molar-refractivity contribution >= 4 is 27.7 Å². The van der Waals surface area contributed by atoms with E-state index in [1.807, 2.05) is 36.9 Å². The van der Waals surface area contributed by atoms with Gasteiger partial charge in [0.2, 0.25) is 10.0 Å². The van der Waals surface area contributed by atoms with Gasteiger partial charge in [-0.1, -0.05) is 32.0 Å². The van der Waals surface area contributed by atoms with Gasteiger partial charge in [0.05, 0.1) is 6.26 Å². The molecular formula is C17H30N4O2S2. The van der Waals surface area contributed by atoms with Crippen molar-refractivity contribution < 1.29 is 8.42 Å². The Labute approximate surface area is 156 Å². The Hall–Kier alpha value is -1.25. The molecular weight excluding hydrogens is 356 g/mol. The van der Waals surface area contributed by atoms with E-state index >= 15 is 0 Å². The molecule has 0 aliphatic carbocycles. The molecule has 0 saturated carbocycles. The maximum absolute atomic E-state index is 11.5. The van der Waals surface area contributed by atoms with Crippen LogP contribution in [0.3, 0.4) is 0 Å². The van der Waals surface area contributed by atoms with Crippen LogP contribution in [-0.2, 0) is 10.0 Å². The number of hydrogen-bond donors (Lipinski definition) is 2. The first kappa shape index (κ1) is 21.8. The van der Waals surface area contributed by atoms with Gasteiger partial charge in [-0.2, -0.15) is 0 Å². The number of thioether (sulfide) groups is 1. The molecule has 0 spiro atoms. The van der Waals surface area contributed by atoms with Gasteiger partial charge in [0, 0.05) is 43.4 Å². The topological polar surface area (TPSA) is 73.8 Å². The molecule has 0 bridgehead atoms. The number of nitrogens with zero attached hydrogens (tertiary/aromatic N) is 2. The van der Waals surface area contributed by atoms with Crippen LogP contribution >= 0.6 is 11.8 Å². The van der Waals surface area contributed by atoms with E-state index in [0.717, 1.165) is 18.9 Å². The molecule has 0 amide bonds. The number of guanidine groups is 1. The zero-order valence-electron chi connectivity index (χ0n) is 15.5. The maximum Gasteiger partial charge on any atom is 0.211 e. The highest BCUT2D eigenvalue weighted by Crippen LogP contribution is 2.21. The smallest absolute Gasteiger partial charge is 0.211 e. The second kappa shape index (κ2) is 11.4. The summed E-state index contributed by atoms with van der Waals surface area (Å²) in [6.07, 6.45) is 1.98. The Bertz CT molecular complexity index is 621. The van der Waals surface area contributed by atoms with E-state index in [9.17, 15) is 8.42 Å². The van der Waals surface area contributed by atoms with Gasteiger partial charge < -0.3 is 10.6 Å². The summed E-state index contributed by atoms with van der Waals surface area (Å²) in [4.78, 5) is 5.46. The fourth-order valence-corrected chi connectivity index (χ4v) is 4.13. The minimum absolute atomic E-state index is 0.404. The van der Waals surface area contributed by atoms with Crippen molar-refractivity contribution in [2.24, 2.45) is 4.99 Å². The molecule has 6 nitrogen and oxygen atoms in total. The third kappa shape index (κ3) is 9.13. The Morgan fingerprint density at radius 2 is 1.96 bits per heavy atom. The van der Waals surface area contributed by atoms with Crippen molar-refractivity contribution in [1.29, 1.82) is 0 Å². The Balaban J connectivity index is 2.28. The Kier molecular flexibility index (Phi) is 9.92. The van der Waals surface area contributed by atoms with Crippen LogP contribution in [0.25, 0.3) is 0 Å². The molecule has 142 valence electrons. The summed E-state index contributed by atoms with van der Waals surface area (Å²) in [5, 5.41) is 6.94. The third-order valence-corrected chi connectivity index (χ3v) is 6.05. The zero-order valence-corrected chi connectivity index (χ0v) is 17.2. The molecule has 0 aromatic heterocycles. The zero-order chi connectivity index (χ0) is 18.7. The highest BCUT2D eigenvalue weighted by atomic mass is 32.2. The van der Waals surface area contributed by atoms with Crippen molar-refractivity contribution in [3.8, 4) is 0 Å². The van der Waals surface area contributed by atoms with Crippen LogP contribution in [0.1, 0.15) is 20.3 Å². The standard InChI is InChI=1S/C17H30N4O2S2/c1-5-21(25(4,22)23)13-9-12-19-17(18-3)20-14-15(2)24-16-10-7-6-8-11-16/h6-8,10-11,15H,5,9,12-14H2,1-4H3,(H2,18,19,20). The fraction of sp³-hybridized carbons (Fsp3) is 0.588. The van der Waals surface area contributed by atoms with Crippen LogP contribution < -0.4 is 10.6 Å². The van der Waals surface area contributed by atoms with Gasteiger partial charge in [-0.3, -0.25) is 4.99 Å². The first-order valence-electron chi connectivity index (χ1n) is 8.48. The van der Waals surface area contributed by atoms with E-state index in [1.54, 1.807) is 7.05 Å². The van der Waals surface area contributed by atoms with Crippen LogP contribution in [-0.4, -0.2) is 63.4 Å². The molecule has 1 aromatic carbocycles. The summed E-state index contributed by atoms with van der Waals surface area (Å²) in [7, 11) is -1.38. The van der Waals surface area contributed by atoms with Gasteiger partial charge in [-0.25, -0.2) is 12.7 Å². The van der Waals surface area contributed by atoms with Crippen LogP contribution in [0.15, 0.2) is 40.2 Å². The molecule has 1 atom stereocenters. The second-order valence-corrected chi connectivity index (χ2v) is 9.22. The molecule has 2 N–H and O–H groups in total. The average Bonchev–Trinajstić information content (AvgIpc) is 2.57.